The van der Waals surface area contributed by atoms with Crippen molar-refractivity contribution in [3.63, 3.8) is 0 Å². The monoisotopic (exact) mass is 233 g/mol. The maximum absolute atomic E-state index is 12.9. The van der Waals surface area contributed by atoms with E-state index in [-0.39, 0.29) is 5.91 Å². The third-order valence-corrected chi connectivity index (χ3v) is 2.27. The molecule has 1 aromatic carbocycles. The van der Waals surface area contributed by atoms with E-state index in [1.54, 1.807) is 16.9 Å². The minimum Gasteiger partial charge on any atom is -0.350 e. The summed E-state index contributed by atoms with van der Waals surface area (Å²) in [5.74, 6) is -0.693. The highest BCUT2D eigenvalue weighted by Crippen LogP contribution is 2.02. The topological polar surface area (TPSA) is 46.9 Å². The minimum absolute atomic E-state index is 0.281. The maximum Gasteiger partial charge on any atom is 0.251 e. The van der Waals surface area contributed by atoms with Crippen LogP contribution in [0.4, 0.5) is 4.39 Å². The van der Waals surface area contributed by atoms with E-state index in [1.165, 1.54) is 18.2 Å². The molecule has 2 rings (SSSR count). The molecule has 0 radical (unpaired) electrons. The van der Waals surface area contributed by atoms with Crippen molar-refractivity contribution in [2.75, 3.05) is 6.54 Å². The molecule has 0 atom stereocenters. The third-order valence-electron chi connectivity index (χ3n) is 2.27. The molecule has 1 aromatic heterocycles. The normalized spacial score (nSPS) is 10.2. The van der Waals surface area contributed by atoms with Crippen LogP contribution in [0.3, 0.4) is 0 Å². The van der Waals surface area contributed by atoms with E-state index in [0.29, 0.717) is 18.7 Å². The van der Waals surface area contributed by atoms with Crippen LogP contribution in [0, 0.1) is 5.82 Å². The average molecular weight is 233 g/mol. The summed E-state index contributed by atoms with van der Waals surface area (Å²) in [6.07, 6.45) is 3.49. The Morgan fingerprint density at radius 2 is 2.29 bits per heavy atom. The van der Waals surface area contributed by atoms with Crippen LogP contribution >= 0.6 is 0 Å². The van der Waals surface area contributed by atoms with Gasteiger partial charge < -0.3 is 5.32 Å². The Balaban J connectivity index is 1.85. The first-order valence-corrected chi connectivity index (χ1v) is 5.27. The van der Waals surface area contributed by atoms with Gasteiger partial charge in [-0.15, -0.1) is 0 Å². The SMILES string of the molecule is O=C(NCCn1cccn1)c1cccc(F)c1. The van der Waals surface area contributed by atoms with Gasteiger partial charge in [-0.2, -0.15) is 5.10 Å². The number of hydrogen-bond acceptors (Lipinski definition) is 2. The van der Waals surface area contributed by atoms with Crippen LogP contribution in [0.25, 0.3) is 0 Å². The molecule has 17 heavy (non-hydrogen) atoms. The van der Waals surface area contributed by atoms with Crippen LogP contribution < -0.4 is 5.32 Å². The second-order valence-electron chi connectivity index (χ2n) is 3.54. The number of benzene rings is 1. The van der Waals surface area contributed by atoms with Gasteiger partial charge in [0.1, 0.15) is 5.82 Å². The number of nitrogens with zero attached hydrogens (tertiary/aromatic N) is 2. The highest BCUT2D eigenvalue weighted by Gasteiger charge is 2.05. The first-order chi connectivity index (χ1) is 8.25. The van der Waals surface area contributed by atoms with E-state index in [4.69, 9.17) is 0 Å². The zero-order chi connectivity index (χ0) is 12.1. The van der Waals surface area contributed by atoms with Gasteiger partial charge in [-0.3, -0.25) is 9.48 Å². The fraction of sp³-hybridized carbons (Fsp3) is 0.167. The molecule has 88 valence electrons. The Hall–Kier alpha value is -2.17. The van der Waals surface area contributed by atoms with Gasteiger partial charge >= 0.3 is 0 Å². The van der Waals surface area contributed by atoms with Crippen molar-refractivity contribution in [1.82, 2.24) is 15.1 Å². The molecule has 0 unspecified atom stereocenters. The van der Waals surface area contributed by atoms with Gasteiger partial charge in [-0.05, 0) is 24.3 Å². The van der Waals surface area contributed by atoms with E-state index in [9.17, 15) is 9.18 Å². The Bertz CT molecular complexity index is 496. The summed E-state index contributed by atoms with van der Waals surface area (Å²) in [4.78, 5) is 11.6. The molecule has 0 aliphatic carbocycles. The molecule has 5 heteroatoms. The fourth-order valence-corrected chi connectivity index (χ4v) is 1.45. The highest BCUT2D eigenvalue weighted by atomic mass is 19.1. The van der Waals surface area contributed by atoms with Gasteiger partial charge in [0.15, 0.2) is 0 Å². The summed E-state index contributed by atoms with van der Waals surface area (Å²) in [6.45, 7) is 1.05. The van der Waals surface area contributed by atoms with Gasteiger partial charge in [0.25, 0.3) is 5.91 Å². The lowest BCUT2D eigenvalue weighted by molar-refractivity contribution is 0.0951. The van der Waals surface area contributed by atoms with E-state index in [0.717, 1.165) is 0 Å². The Labute approximate surface area is 98.1 Å². The smallest absolute Gasteiger partial charge is 0.251 e. The molecule has 0 aliphatic rings. The Morgan fingerprint density at radius 1 is 1.41 bits per heavy atom. The summed E-state index contributed by atoms with van der Waals surface area (Å²) >= 11 is 0. The number of carbonyl (C=O) groups excluding carboxylic acids is 1. The minimum atomic E-state index is -0.412. The summed E-state index contributed by atoms with van der Waals surface area (Å²) in [7, 11) is 0. The van der Waals surface area contributed by atoms with E-state index < -0.39 is 5.82 Å². The quantitative estimate of drug-likeness (QED) is 0.868. The van der Waals surface area contributed by atoms with Crippen molar-refractivity contribution in [2.24, 2.45) is 0 Å². The van der Waals surface area contributed by atoms with Crippen molar-refractivity contribution in [3.8, 4) is 0 Å². The van der Waals surface area contributed by atoms with E-state index in [1.807, 2.05) is 12.3 Å². The third kappa shape index (κ3) is 3.14. The lowest BCUT2D eigenvalue weighted by Crippen LogP contribution is -2.27. The van der Waals surface area contributed by atoms with Crippen molar-refractivity contribution in [2.45, 2.75) is 6.54 Å². The molecule has 1 N–H and O–H groups in total. The number of aromatic nitrogens is 2. The summed E-state index contributed by atoms with van der Waals surface area (Å²) in [6, 6.07) is 7.42. The van der Waals surface area contributed by atoms with Crippen molar-refractivity contribution in [3.05, 3.63) is 54.1 Å². The average Bonchev–Trinajstić information content (AvgIpc) is 2.82. The van der Waals surface area contributed by atoms with Crippen LogP contribution in [0.5, 0.6) is 0 Å². The molecule has 0 bridgehead atoms. The van der Waals surface area contributed by atoms with Gasteiger partial charge in [0, 0.05) is 24.5 Å². The number of amides is 1. The first kappa shape index (κ1) is 11.3. The van der Waals surface area contributed by atoms with Crippen LogP contribution in [-0.4, -0.2) is 22.2 Å². The second-order valence-corrected chi connectivity index (χ2v) is 3.54. The summed E-state index contributed by atoms with van der Waals surface area (Å²) in [5.41, 5.74) is 0.325. The van der Waals surface area contributed by atoms with Crippen LogP contribution in [0.1, 0.15) is 10.4 Å². The first-order valence-electron chi connectivity index (χ1n) is 5.27. The molecule has 0 saturated heterocycles. The molecule has 0 spiro atoms. The molecule has 1 heterocycles. The van der Waals surface area contributed by atoms with Gasteiger partial charge in [-0.25, -0.2) is 4.39 Å². The predicted molar refractivity (Wildman–Crippen MR) is 61.0 cm³/mol. The number of hydrogen-bond donors (Lipinski definition) is 1. The van der Waals surface area contributed by atoms with Crippen molar-refractivity contribution >= 4 is 5.91 Å². The number of carbonyl (C=O) groups is 1. The second kappa shape index (κ2) is 5.25. The summed E-state index contributed by atoms with van der Waals surface area (Å²) in [5, 5.41) is 6.70. The van der Waals surface area contributed by atoms with Crippen molar-refractivity contribution in [1.29, 1.82) is 0 Å². The number of rotatable bonds is 4. The van der Waals surface area contributed by atoms with Gasteiger partial charge in [0.05, 0.1) is 6.54 Å². The predicted octanol–water partition coefficient (Wildman–Crippen LogP) is 1.45. The van der Waals surface area contributed by atoms with Crippen LogP contribution in [-0.2, 0) is 6.54 Å². The summed E-state index contributed by atoms with van der Waals surface area (Å²) < 4.78 is 14.6. The van der Waals surface area contributed by atoms with Crippen LogP contribution in [0.15, 0.2) is 42.7 Å². The molecule has 0 aliphatic heterocycles. The number of nitrogens with one attached hydrogen (secondary N) is 1. The zero-order valence-electron chi connectivity index (χ0n) is 9.14. The molecular weight excluding hydrogens is 221 g/mol. The van der Waals surface area contributed by atoms with Crippen LogP contribution in [0.2, 0.25) is 0 Å². The van der Waals surface area contributed by atoms with Crippen molar-refractivity contribution < 1.29 is 9.18 Å². The zero-order valence-corrected chi connectivity index (χ0v) is 9.14. The molecular formula is C12H12FN3O. The molecule has 0 saturated carbocycles. The Morgan fingerprint density at radius 3 is 3.00 bits per heavy atom. The van der Waals surface area contributed by atoms with Gasteiger partial charge in [0.2, 0.25) is 0 Å². The van der Waals surface area contributed by atoms with E-state index >= 15 is 0 Å². The largest absolute Gasteiger partial charge is 0.350 e. The highest BCUT2D eigenvalue weighted by molar-refractivity contribution is 5.94. The Kier molecular flexibility index (Phi) is 3.49. The van der Waals surface area contributed by atoms with Gasteiger partial charge in [-0.1, -0.05) is 6.07 Å². The lowest BCUT2D eigenvalue weighted by atomic mass is 10.2. The number of halogens is 1. The lowest BCUT2D eigenvalue weighted by Gasteiger charge is -2.05. The molecule has 4 nitrogen and oxygen atoms in total. The molecule has 0 fully saturated rings. The molecule has 1 amide bonds. The fourth-order valence-electron chi connectivity index (χ4n) is 1.45. The standard InChI is InChI=1S/C12H12FN3O/c13-11-4-1-3-10(9-11)12(17)14-6-8-16-7-2-5-15-16/h1-5,7,9H,6,8H2,(H,14,17). The molecule has 2 aromatic rings. The maximum atomic E-state index is 12.9. The van der Waals surface area contributed by atoms with E-state index in [2.05, 4.69) is 10.4 Å².